The number of rotatable bonds is 2. The smallest absolute Gasteiger partial charge is 1.00 e. The van der Waals surface area contributed by atoms with Crippen LogP contribution in [0.15, 0.2) is 35.5 Å². The Hall–Kier alpha value is 0.133. The molecule has 0 amide bonds. The van der Waals surface area contributed by atoms with Gasteiger partial charge >= 0.3 is 26.2 Å². The van der Waals surface area contributed by atoms with E-state index in [1.807, 2.05) is 0 Å². The van der Waals surface area contributed by atoms with E-state index in [-0.39, 0.29) is 40.0 Å². The van der Waals surface area contributed by atoms with Crippen molar-refractivity contribution in [3.63, 3.8) is 0 Å². The molecule has 0 bridgehead atoms. The normalized spacial score (nSPS) is 15.4. The van der Waals surface area contributed by atoms with E-state index in [2.05, 4.69) is 50.3 Å². The van der Waals surface area contributed by atoms with Crippen molar-refractivity contribution >= 4 is 12.4 Å². The van der Waals surface area contributed by atoms with Gasteiger partial charge in [-0.2, -0.15) is 12.2 Å². The van der Waals surface area contributed by atoms with Crippen LogP contribution in [0.5, 0.6) is 0 Å². The molecule has 0 saturated heterocycles. The fourth-order valence-corrected chi connectivity index (χ4v) is 1.39. The van der Waals surface area contributed by atoms with Crippen molar-refractivity contribution in [2.45, 2.75) is 39.5 Å². The Morgan fingerprint density at radius 2 is 1.38 bits per heavy atom. The summed E-state index contributed by atoms with van der Waals surface area (Å²) in [6.45, 7) is 4.30. The standard InChI is InChI=1S/2C7H9.ClH.Zr.H/c2*1-2-7-5-3-4-6-7;;;/h2*3,5H,2,4H2,1H3;1H;;/q2*-1;;+2;-1. The first-order valence-electron chi connectivity index (χ1n) is 5.39. The summed E-state index contributed by atoms with van der Waals surface area (Å²) in [5.41, 5.74) is 2.72. The molecule has 0 aromatic heterocycles. The van der Waals surface area contributed by atoms with E-state index < -0.39 is 0 Å². The van der Waals surface area contributed by atoms with Crippen LogP contribution in [0.2, 0.25) is 0 Å². The summed E-state index contributed by atoms with van der Waals surface area (Å²) in [5.74, 6) is 0. The summed E-state index contributed by atoms with van der Waals surface area (Å²) in [6, 6.07) is 0. The Bertz CT molecular complexity index is 261. The summed E-state index contributed by atoms with van der Waals surface area (Å²) in [6.07, 6.45) is 19.3. The van der Waals surface area contributed by atoms with Gasteiger partial charge in [-0.1, -0.05) is 26.7 Å². The number of halogens is 1. The van der Waals surface area contributed by atoms with Crippen molar-refractivity contribution < 1.29 is 27.6 Å². The van der Waals surface area contributed by atoms with Gasteiger partial charge in [-0.05, 0) is 0 Å². The maximum absolute atomic E-state index is 3.21. The van der Waals surface area contributed by atoms with E-state index in [1.54, 1.807) is 0 Å². The van der Waals surface area contributed by atoms with Crippen LogP contribution in [0, 0.1) is 12.2 Å². The molecule has 0 N–H and O–H groups in total. The van der Waals surface area contributed by atoms with Crippen LogP contribution >= 0.6 is 12.4 Å². The summed E-state index contributed by atoms with van der Waals surface area (Å²) in [5, 5.41) is 0. The molecule has 0 aliphatic heterocycles. The molecule has 0 unspecified atom stereocenters. The van der Waals surface area contributed by atoms with Gasteiger partial charge in [-0.25, -0.2) is 23.3 Å². The predicted octanol–water partition coefficient (Wildman–Crippen LogP) is 4.70. The Morgan fingerprint density at radius 1 is 1.00 bits per heavy atom. The van der Waals surface area contributed by atoms with E-state index in [0.29, 0.717) is 0 Å². The zero-order valence-corrected chi connectivity index (χ0v) is 13.3. The van der Waals surface area contributed by atoms with Crippen LogP contribution in [-0.2, 0) is 26.2 Å². The van der Waals surface area contributed by atoms with Crippen molar-refractivity contribution in [3.8, 4) is 0 Å². The molecule has 2 heteroatoms. The van der Waals surface area contributed by atoms with E-state index in [1.165, 1.54) is 11.1 Å². The van der Waals surface area contributed by atoms with Crippen molar-refractivity contribution in [2.24, 2.45) is 0 Å². The molecule has 2 aliphatic rings. The molecular formula is C14H20ClZr-. The van der Waals surface area contributed by atoms with Crippen molar-refractivity contribution in [2.75, 3.05) is 0 Å². The second-order valence-corrected chi connectivity index (χ2v) is 3.32. The van der Waals surface area contributed by atoms with Crippen molar-refractivity contribution in [3.05, 3.63) is 47.6 Å². The summed E-state index contributed by atoms with van der Waals surface area (Å²) in [4.78, 5) is 0. The molecule has 16 heavy (non-hydrogen) atoms. The molecule has 0 fully saturated rings. The molecule has 0 radical (unpaired) electrons. The van der Waals surface area contributed by atoms with Crippen LogP contribution in [0.4, 0.5) is 0 Å². The zero-order valence-electron chi connectivity index (χ0n) is 11.0. The first-order valence-corrected chi connectivity index (χ1v) is 5.39. The van der Waals surface area contributed by atoms with Crippen molar-refractivity contribution in [1.29, 1.82) is 0 Å². The second kappa shape index (κ2) is 11.6. The molecular weight excluding hydrogens is 295 g/mol. The van der Waals surface area contributed by atoms with Crippen LogP contribution < -0.4 is 0 Å². The van der Waals surface area contributed by atoms with Gasteiger partial charge in [0.05, 0.1) is 0 Å². The van der Waals surface area contributed by atoms with Gasteiger partial charge in [-0.3, -0.25) is 12.2 Å². The molecule has 0 atom stereocenters. The minimum Gasteiger partial charge on any atom is -1.00 e. The van der Waals surface area contributed by atoms with E-state index in [4.69, 9.17) is 0 Å². The van der Waals surface area contributed by atoms with E-state index in [9.17, 15) is 0 Å². The minimum absolute atomic E-state index is 0. The van der Waals surface area contributed by atoms with Gasteiger partial charge in [0.2, 0.25) is 0 Å². The zero-order chi connectivity index (χ0) is 10.2. The number of hydrogen-bond acceptors (Lipinski definition) is 0. The first-order chi connectivity index (χ1) is 6.86. The average Bonchev–Trinajstić information content (AvgIpc) is 2.92. The van der Waals surface area contributed by atoms with Gasteiger partial charge < -0.3 is 1.43 Å². The molecule has 88 valence electrons. The topological polar surface area (TPSA) is 0 Å². The Labute approximate surface area is 127 Å². The minimum atomic E-state index is 0. The second-order valence-electron chi connectivity index (χ2n) is 3.32. The molecule has 0 saturated carbocycles. The number of allylic oxidation sites excluding steroid dienone is 8. The maximum atomic E-state index is 3.21. The summed E-state index contributed by atoms with van der Waals surface area (Å²) in [7, 11) is 0. The third-order valence-electron chi connectivity index (χ3n) is 2.29. The molecule has 2 aliphatic carbocycles. The van der Waals surface area contributed by atoms with E-state index in [0.717, 1.165) is 25.7 Å². The van der Waals surface area contributed by atoms with Gasteiger partial charge in [0.25, 0.3) is 0 Å². The van der Waals surface area contributed by atoms with Crippen LogP contribution in [0.1, 0.15) is 41.0 Å². The fourth-order valence-electron chi connectivity index (χ4n) is 1.39. The molecule has 2 rings (SSSR count). The average molecular weight is 315 g/mol. The van der Waals surface area contributed by atoms with Crippen LogP contribution in [-0.4, -0.2) is 0 Å². The Morgan fingerprint density at radius 3 is 1.50 bits per heavy atom. The van der Waals surface area contributed by atoms with Crippen LogP contribution in [0.25, 0.3) is 0 Å². The first kappa shape index (κ1) is 18.5. The van der Waals surface area contributed by atoms with Crippen molar-refractivity contribution in [1.82, 2.24) is 0 Å². The summed E-state index contributed by atoms with van der Waals surface area (Å²) < 4.78 is 0. The van der Waals surface area contributed by atoms with Gasteiger partial charge in [0, 0.05) is 0 Å². The van der Waals surface area contributed by atoms with Gasteiger partial charge in [-0.15, -0.1) is 25.2 Å². The Balaban J connectivity index is -0.000000196. The third-order valence-corrected chi connectivity index (χ3v) is 2.29. The molecule has 0 aromatic carbocycles. The third kappa shape index (κ3) is 7.41. The number of hydrogen-bond donors (Lipinski definition) is 0. The monoisotopic (exact) mass is 313 g/mol. The van der Waals surface area contributed by atoms with Crippen LogP contribution in [0.3, 0.4) is 0 Å². The Kier molecular flexibility index (Phi) is 13.4. The molecule has 0 nitrogen and oxygen atoms in total. The maximum Gasteiger partial charge on any atom is 2.00 e. The SMILES string of the molecule is CCC1=[C-]CC=C1.CCC1=[C-]CC=C1.Cl.[H-].[Zr+2]. The largest absolute Gasteiger partial charge is 2.00 e. The molecule has 0 aromatic rings. The fraction of sp³-hybridized carbons (Fsp3) is 0.429. The van der Waals surface area contributed by atoms with Gasteiger partial charge in [0.15, 0.2) is 0 Å². The van der Waals surface area contributed by atoms with Gasteiger partial charge in [0.1, 0.15) is 0 Å². The molecule has 0 heterocycles. The molecule has 0 spiro atoms. The quantitative estimate of drug-likeness (QED) is 0.648. The predicted molar refractivity (Wildman–Crippen MR) is 70.0 cm³/mol. The summed E-state index contributed by atoms with van der Waals surface area (Å²) >= 11 is 0. The van der Waals surface area contributed by atoms with E-state index >= 15 is 0 Å².